The molecule has 3 nitrogen and oxygen atoms in total. The van der Waals surface area contributed by atoms with E-state index in [-0.39, 0.29) is 11.5 Å². The lowest BCUT2D eigenvalue weighted by molar-refractivity contribution is 0.307. The molecule has 0 saturated heterocycles. The highest BCUT2D eigenvalue weighted by atomic mass is 32.2. The van der Waals surface area contributed by atoms with E-state index in [1.54, 1.807) is 24.3 Å². The molecule has 0 aromatic heterocycles. The molecule has 0 bridgehead atoms. The van der Waals surface area contributed by atoms with Crippen molar-refractivity contribution in [2.45, 2.75) is 25.3 Å². The van der Waals surface area contributed by atoms with Crippen LogP contribution in [0.3, 0.4) is 0 Å². The Balaban J connectivity index is 2.14. The summed E-state index contributed by atoms with van der Waals surface area (Å²) >= 11 is 0. The summed E-state index contributed by atoms with van der Waals surface area (Å²) < 4.78 is 29.1. The first-order chi connectivity index (χ1) is 8.99. The van der Waals surface area contributed by atoms with Crippen molar-refractivity contribution in [2.75, 3.05) is 0 Å². The topological polar surface area (TPSA) is 43.4 Å². The second kappa shape index (κ2) is 5.55. The smallest absolute Gasteiger partial charge is 0.262 e. The predicted octanol–water partition coefficient (Wildman–Crippen LogP) is 3.21. The maximum Gasteiger partial charge on any atom is 0.297 e. The number of rotatable bonds is 4. The Labute approximate surface area is 114 Å². The third-order valence-corrected chi connectivity index (χ3v) is 4.22. The first-order valence-corrected chi connectivity index (χ1v) is 7.40. The molecule has 2 aromatic rings. The summed E-state index contributed by atoms with van der Waals surface area (Å²) in [6.45, 7) is 3.89. The lowest BCUT2D eigenvalue weighted by Gasteiger charge is -2.08. The third-order valence-electron chi connectivity index (χ3n) is 2.94. The van der Waals surface area contributed by atoms with Gasteiger partial charge in [-0.15, -0.1) is 0 Å². The number of benzene rings is 2. The van der Waals surface area contributed by atoms with Gasteiger partial charge in [0.15, 0.2) is 0 Å². The van der Waals surface area contributed by atoms with Crippen LogP contribution in [0.15, 0.2) is 53.4 Å². The molecule has 0 unspecified atom stereocenters. The van der Waals surface area contributed by atoms with E-state index in [1.807, 2.05) is 38.1 Å². The van der Waals surface area contributed by atoms with Gasteiger partial charge in [-0.05, 0) is 37.1 Å². The quantitative estimate of drug-likeness (QED) is 0.805. The highest BCUT2D eigenvalue weighted by molar-refractivity contribution is 7.86. The SMILES string of the molecule is Cc1ccc(S(=O)(=O)OCc2ccccc2C)cc1. The van der Waals surface area contributed by atoms with Gasteiger partial charge < -0.3 is 0 Å². The Morgan fingerprint density at radius 2 is 1.58 bits per heavy atom. The van der Waals surface area contributed by atoms with E-state index in [9.17, 15) is 8.42 Å². The van der Waals surface area contributed by atoms with E-state index in [2.05, 4.69) is 0 Å². The molecule has 0 fully saturated rings. The summed E-state index contributed by atoms with van der Waals surface area (Å²) in [7, 11) is -3.69. The maximum absolute atomic E-state index is 12.0. The van der Waals surface area contributed by atoms with Crippen LogP contribution in [-0.4, -0.2) is 8.42 Å². The Bertz CT molecular complexity index is 658. The van der Waals surface area contributed by atoms with Crippen LogP contribution in [0.4, 0.5) is 0 Å². The fraction of sp³-hybridized carbons (Fsp3) is 0.200. The van der Waals surface area contributed by atoms with Crippen LogP contribution in [0.25, 0.3) is 0 Å². The fourth-order valence-corrected chi connectivity index (χ4v) is 2.57. The highest BCUT2D eigenvalue weighted by Crippen LogP contribution is 2.16. The molecule has 100 valence electrons. The van der Waals surface area contributed by atoms with Crippen molar-refractivity contribution in [3.63, 3.8) is 0 Å². The molecule has 2 aromatic carbocycles. The number of hydrogen-bond acceptors (Lipinski definition) is 3. The minimum absolute atomic E-state index is 0.0584. The normalized spacial score (nSPS) is 11.5. The molecule has 19 heavy (non-hydrogen) atoms. The summed E-state index contributed by atoms with van der Waals surface area (Å²) in [6.07, 6.45) is 0. The third kappa shape index (κ3) is 3.43. The summed E-state index contributed by atoms with van der Waals surface area (Å²) in [5, 5.41) is 0. The van der Waals surface area contributed by atoms with Crippen molar-refractivity contribution in [1.82, 2.24) is 0 Å². The average Bonchev–Trinajstić information content (AvgIpc) is 2.38. The Kier molecular flexibility index (Phi) is 4.02. The molecular weight excluding hydrogens is 260 g/mol. The van der Waals surface area contributed by atoms with Crippen LogP contribution in [0.2, 0.25) is 0 Å². The molecule has 0 aliphatic carbocycles. The van der Waals surface area contributed by atoms with E-state index in [0.29, 0.717) is 0 Å². The number of hydrogen-bond donors (Lipinski definition) is 0. The van der Waals surface area contributed by atoms with Crippen molar-refractivity contribution < 1.29 is 12.6 Å². The van der Waals surface area contributed by atoms with Crippen LogP contribution in [0.1, 0.15) is 16.7 Å². The lowest BCUT2D eigenvalue weighted by Crippen LogP contribution is -2.07. The first-order valence-electron chi connectivity index (χ1n) is 6.00. The summed E-state index contributed by atoms with van der Waals surface area (Å²) in [6, 6.07) is 14.2. The number of aryl methyl sites for hydroxylation is 2. The van der Waals surface area contributed by atoms with Crippen molar-refractivity contribution in [2.24, 2.45) is 0 Å². The summed E-state index contributed by atoms with van der Waals surface area (Å²) in [4.78, 5) is 0.187. The van der Waals surface area contributed by atoms with Gasteiger partial charge in [-0.25, -0.2) is 0 Å². The van der Waals surface area contributed by atoms with Crippen LogP contribution < -0.4 is 0 Å². The van der Waals surface area contributed by atoms with E-state index in [4.69, 9.17) is 4.18 Å². The fourth-order valence-electron chi connectivity index (χ4n) is 1.69. The van der Waals surface area contributed by atoms with Gasteiger partial charge in [0.2, 0.25) is 0 Å². The molecule has 0 amide bonds. The van der Waals surface area contributed by atoms with Crippen molar-refractivity contribution in [3.8, 4) is 0 Å². The molecule has 0 heterocycles. The van der Waals surface area contributed by atoms with E-state index in [1.165, 1.54) is 0 Å². The summed E-state index contributed by atoms with van der Waals surface area (Å²) in [5.74, 6) is 0. The molecule has 0 aliphatic heterocycles. The van der Waals surface area contributed by atoms with E-state index in [0.717, 1.165) is 16.7 Å². The Morgan fingerprint density at radius 1 is 0.947 bits per heavy atom. The van der Waals surface area contributed by atoms with Gasteiger partial charge in [-0.3, -0.25) is 4.18 Å². The molecule has 0 atom stereocenters. The van der Waals surface area contributed by atoms with Gasteiger partial charge in [-0.1, -0.05) is 42.0 Å². The summed E-state index contributed by atoms with van der Waals surface area (Å²) in [5.41, 5.74) is 2.90. The largest absolute Gasteiger partial charge is 0.297 e. The second-order valence-corrected chi connectivity index (χ2v) is 6.07. The monoisotopic (exact) mass is 276 g/mol. The Morgan fingerprint density at radius 3 is 2.21 bits per heavy atom. The van der Waals surface area contributed by atoms with Crippen LogP contribution in [0, 0.1) is 13.8 Å². The van der Waals surface area contributed by atoms with Crippen LogP contribution in [-0.2, 0) is 20.9 Å². The molecule has 0 spiro atoms. The van der Waals surface area contributed by atoms with E-state index >= 15 is 0 Å². The van der Waals surface area contributed by atoms with Crippen molar-refractivity contribution >= 4 is 10.1 Å². The average molecular weight is 276 g/mol. The maximum atomic E-state index is 12.0. The Hall–Kier alpha value is -1.65. The first kappa shape index (κ1) is 13.8. The molecule has 2 rings (SSSR count). The van der Waals surface area contributed by atoms with Gasteiger partial charge in [-0.2, -0.15) is 8.42 Å². The lowest BCUT2D eigenvalue weighted by atomic mass is 10.1. The minimum Gasteiger partial charge on any atom is -0.262 e. The van der Waals surface area contributed by atoms with Crippen LogP contribution >= 0.6 is 0 Å². The molecule has 4 heteroatoms. The molecule has 0 saturated carbocycles. The zero-order valence-corrected chi connectivity index (χ0v) is 11.8. The van der Waals surface area contributed by atoms with Gasteiger partial charge in [0.1, 0.15) is 0 Å². The van der Waals surface area contributed by atoms with Crippen LogP contribution in [0.5, 0.6) is 0 Å². The zero-order valence-electron chi connectivity index (χ0n) is 11.0. The van der Waals surface area contributed by atoms with Gasteiger partial charge in [0.05, 0.1) is 11.5 Å². The molecule has 0 radical (unpaired) electrons. The standard InChI is InChI=1S/C15H16O3S/c1-12-7-9-15(10-8-12)19(16,17)18-11-14-6-4-3-5-13(14)2/h3-10H,11H2,1-2H3. The minimum atomic E-state index is -3.69. The molecule has 0 N–H and O–H groups in total. The second-order valence-electron chi connectivity index (χ2n) is 4.46. The highest BCUT2D eigenvalue weighted by Gasteiger charge is 2.15. The van der Waals surface area contributed by atoms with Crippen molar-refractivity contribution in [1.29, 1.82) is 0 Å². The van der Waals surface area contributed by atoms with Gasteiger partial charge in [0.25, 0.3) is 10.1 Å². The van der Waals surface area contributed by atoms with Gasteiger partial charge >= 0.3 is 0 Å². The molecular formula is C15H16O3S. The van der Waals surface area contributed by atoms with Gasteiger partial charge in [0, 0.05) is 0 Å². The zero-order chi connectivity index (χ0) is 13.9. The van der Waals surface area contributed by atoms with E-state index < -0.39 is 10.1 Å². The van der Waals surface area contributed by atoms with Crippen molar-refractivity contribution in [3.05, 3.63) is 65.2 Å². The predicted molar refractivity (Wildman–Crippen MR) is 74.3 cm³/mol. The molecule has 0 aliphatic rings.